The van der Waals surface area contributed by atoms with Crippen LogP contribution in [0.25, 0.3) is 0 Å². The van der Waals surface area contributed by atoms with Gasteiger partial charge < -0.3 is 9.73 Å². The Labute approximate surface area is 119 Å². The molecule has 0 spiro atoms. The molecule has 0 amide bonds. The highest BCUT2D eigenvalue weighted by Gasteiger charge is 2.20. The summed E-state index contributed by atoms with van der Waals surface area (Å²) in [5.74, 6) is 0.142. The van der Waals surface area contributed by atoms with E-state index in [0.29, 0.717) is 15.8 Å². The van der Waals surface area contributed by atoms with E-state index in [4.69, 9.17) is 27.6 Å². The minimum absolute atomic E-state index is 0.296. The first-order valence-corrected chi connectivity index (χ1v) is 6.15. The average Bonchev–Trinajstić information content (AvgIpc) is 2.84. The Morgan fingerprint density at radius 2 is 2.00 bits per heavy atom. The molecule has 0 aliphatic carbocycles. The van der Waals surface area contributed by atoms with Gasteiger partial charge in [0.05, 0.1) is 22.2 Å². The Bertz CT molecular complexity index is 613. The molecule has 1 atom stereocenters. The second-order valence-electron chi connectivity index (χ2n) is 3.83. The molecule has 1 heterocycles. The quantitative estimate of drug-likeness (QED) is 0.689. The van der Waals surface area contributed by atoms with E-state index >= 15 is 0 Å². The fourth-order valence-corrected chi connectivity index (χ4v) is 2.07. The third-order valence-corrected chi connectivity index (χ3v) is 3.38. The van der Waals surface area contributed by atoms with Crippen molar-refractivity contribution < 1.29 is 9.34 Å². The van der Waals surface area contributed by atoms with Gasteiger partial charge in [-0.05, 0) is 30.8 Å². The maximum absolute atomic E-state index is 10.6. The van der Waals surface area contributed by atoms with Crippen LogP contribution < -0.4 is 5.32 Å². The first kappa shape index (κ1) is 13.9. The van der Waals surface area contributed by atoms with Crippen molar-refractivity contribution in [1.29, 1.82) is 0 Å². The van der Waals surface area contributed by atoms with Crippen LogP contribution in [0.5, 0.6) is 0 Å². The average molecular weight is 301 g/mol. The van der Waals surface area contributed by atoms with Gasteiger partial charge in [0.25, 0.3) is 0 Å². The Kier molecular flexibility index (Phi) is 4.09. The van der Waals surface area contributed by atoms with Gasteiger partial charge in [-0.15, -0.1) is 0 Å². The molecule has 0 bridgehead atoms. The highest BCUT2D eigenvalue weighted by atomic mass is 35.5. The number of rotatable bonds is 4. The summed E-state index contributed by atoms with van der Waals surface area (Å²) in [6, 6.07) is 7.69. The third kappa shape index (κ3) is 2.89. The fourth-order valence-electron chi connectivity index (χ4n) is 1.76. The zero-order valence-electron chi connectivity index (χ0n) is 9.89. The summed E-state index contributed by atoms with van der Waals surface area (Å²) in [5.41, 5.74) is 0.807. The highest BCUT2D eigenvalue weighted by molar-refractivity contribution is 6.42. The number of hydrogen-bond donors (Lipinski definition) is 1. The van der Waals surface area contributed by atoms with Crippen LogP contribution in [0.1, 0.15) is 17.4 Å². The molecule has 1 N–H and O–H groups in total. The molecule has 0 aliphatic heterocycles. The zero-order valence-corrected chi connectivity index (χ0v) is 11.4. The molecule has 5 nitrogen and oxygen atoms in total. The maximum Gasteiger partial charge on any atom is 0.433 e. The van der Waals surface area contributed by atoms with Gasteiger partial charge in [0.1, 0.15) is 10.7 Å². The van der Waals surface area contributed by atoms with Gasteiger partial charge in [0.2, 0.25) is 0 Å². The van der Waals surface area contributed by atoms with Crippen LogP contribution in [0.3, 0.4) is 0 Å². The molecule has 0 radical (unpaired) electrons. The summed E-state index contributed by atoms with van der Waals surface area (Å²) in [5, 5.41) is 14.5. The van der Waals surface area contributed by atoms with Gasteiger partial charge in [0, 0.05) is 0 Å². The van der Waals surface area contributed by atoms with E-state index < -0.39 is 4.92 Å². The predicted molar refractivity (Wildman–Crippen MR) is 72.7 cm³/mol. The van der Waals surface area contributed by atoms with Crippen LogP contribution in [-0.4, -0.2) is 12.0 Å². The molecule has 2 rings (SSSR count). The largest absolute Gasteiger partial charge is 0.433 e. The topological polar surface area (TPSA) is 68.3 Å². The Morgan fingerprint density at radius 3 is 2.53 bits per heavy atom. The smallest absolute Gasteiger partial charge is 0.404 e. The van der Waals surface area contributed by atoms with Crippen LogP contribution in [0, 0.1) is 10.1 Å². The standard InChI is InChI=1S/C12H10Cl2N2O3/c1-15-12(7-2-3-8(13)9(14)6-7)10-4-5-11(19-10)16(17)18/h2-6,12,15H,1H3. The maximum atomic E-state index is 10.6. The van der Waals surface area contributed by atoms with Crippen molar-refractivity contribution in [2.45, 2.75) is 6.04 Å². The van der Waals surface area contributed by atoms with E-state index in [2.05, 4.69) is 5.32 Å². The lowest BCUT2D eigenvalue weighted by Gasteiger charge is -2.14. The molecular weight excluding hydrogens is 291 g/mol. The van der Waals surface area contributed by atoms with E-state index in [1.807, 2.05) is 0 Å². The predicted octanol–water partition coefficient (Wildman–Crippen LogP) is 3.80. The van der Waals surface area contributed by atoms with Gasteiger partial charge in [-0.2, -0.15) is 0 Å². The Balaban J connectivity index is 2.37. The molecular formula is C12H10Cl2N2O3. The number of benzene rings is 1. The summed E-state index contributed by atoms with van der Waals surface area (Å²) < 4.78 is 5.18. The summed E-state index contributed by atoms with van der Waals surface area (Å²) >= 11 is 11.8. The lowest BCUT2D eigenvalue weighted by molar-refractivity contribution is -0.402. The van der Waals surface area contributed by atoms with Crippen LogP contribution in [0.4, 0.5) is 5.88 Å². The van der Waals surface area contributed by atoms with Crippen molar-refractivity contribution >= 4 is 29.1 Å². The van der Waals surface area contributed by atoms with Gasteiger partial charge in [0.15, 0.2) is 0 Å². The second-order valence-corrected chi connectivity index (χ2v) is 4.64. The van der Waals surface area contributed by atoms with Crippen molar-refractivity contribution in [2.24, 2.45) is 0 Å². The zero-order chi connectivity index (χ0) is 14.0. The number of furan rings is 1. The minimum Gasteiger partial charge on any atom is -0.404 e. The first-order chi connectivity index (χ1) is 9.02. The number of nitrogens with one attached hydrogen (secondary N) is 1. The molecule has 0 saturated carbocycles. The van der Waals surface area contributed by atoms with Gasteiger partial charge in [-0.25, -0.2) is 0 Å². The summed E-state index contributed by atoms with van der Waals surface area (Å²) in [6.45, 7) is 0. The van der Waals surface area contributed by atoms with Gasteiger partial charge in [-0.1, -0.05) is 29.3 Å². The van der Waals surface area contributed by atoms with Crippen LogP contribution in [-0.2, 0) is 0 Å². The molecule has 7 heteroatoms. The summed E-state index contributed by atoms with van der Waals surface area (Å²) in [4.78, 5) is 10.0. The number of halogens is 2. The molecule has 100 valence electrons. The van der Waals surface area contributed by atoms with Crippen LogP contribution in [0.2, 0.25) is 10.0 Å². The Morgan fingerprint density at radius 1 is 1.26 bits per heavy atom. The molecule has 0 fully saturated rings. The molecule has 1 unspecified atom stereocenters. The van der Waals surface area contributed by atoms with E-state index in [1.165, 1.54) is 6.07 Å². The van der Waals surface area contributed by atoms with Crippen LogP contribution >= 0.6 is 23.2 Å². The molecule has 1 aromatic carbocycles. The number of nitrogens with zero attached hydrogens (tertiary/aromatic N) is 1. The molecule has 2 aromatic rings. The lowest BCUT2D eigenvalue weighted by Crippen LogP contribution is -2.16. The minimum atomic E-state index is -0.578. The molecule has 19 heavy (non-hydrogen) atoms. The summed E-state index contributed by atoms with van der Waals surface area (Å²) in [6.07, 6.45) is 0. The van der Waals surface area contributed by atoms with Crippen molar-refractivity contribution in [2.75, 3.05) is 7.05 Å². The van der Waals surface area contributed by atoms with E-state index in [1.54, 1.807) is 31.3 Å². The lowest BCUT2D eigenvalue weighted by atomic mass is 10.1. The van der Waals surface area contributed by atoms with E-state index in [-0.39, 0.29) is 11.9 Å². The van der Waals surface area contributed by atoms with E-state index in [9.17, 15) is 10.1 Å². The van der Waals surface area contributed by atoms with Crippen molar-refractivity contribution in [1.82, 2.24) is 5.32 Å². The SMILES string of the molecule is CNC(c1ccc(Cl)c(Cl)c1)c1ccc([N+](=O)[O-])o1. The first-order valence-electron chi connectivity index (χ1n) is 5.39. The van der Waals surface area contributed by atoms with Crippen LogP contribution in [0.15, 0.2) is 34.7 Å². The molecule has 0 saturated heterocycles. The summed E-state index contributed by atoms with van der Waals surface area (Å²) in [7, 11) is 1.72. The highest BCUT2D eigenvalue weighted by Crippen LogP contribution is 2.30. The third-order valence-electron chi connectivity index (χ3n) is 2.64. The normalized spacial score (nSPS) is 12.4. The van der Waals surface area contributed by atoms with Gasteiger partial charge in [-0.3, -0.25) is 10.1 Å². The van der Waals surface area contributed by atoms with Crippen molar-refractivity contribution in [3.05, 3.63) is 61.8 Å². The number of hydrogen-bond acceptors (Lipinski definition) is 4. The molecule has 1 aromatic heterocycles. The van der Waals surface area contributed by atoms with Crippen molar-refractivity contribution in [3.63, 3.8) is 0 Å². The monoisotopic (exact) mass is 300 g/mol. The van der Waals surface area contributed by atoms with Crippen molar-refractivity contribution in [3.8, 4) is 0 Å². The Hall–Kier alpha value is -1.56. The molecule has 0 aliphatic rings. The van der Waals surface area contributed by atoms with Gasteiger partial charge >= 0.3 is 5.88 Å². The fraction of sp³-hybridized carbons (Fsp3) is 0.167. The van der Waals surface area contributed by atoms with E-state index in [0.717, 1.165) is 5.56 Å². The second kappa shape index (κ2) is 5.61. The number of nitro groups is 1.